The molecule has 1 aliphatic rings. The minimum Gasteiger partial charge on any atom is -0.374 e. The molecule has 1 atom stereocenters. The largest absolute Gasteiger partial charge is 0.471 e. The first-order valence-electron chi connectivity index (χ1n) is 5.15. The highest BCUT2D eigenvalue weighted by Crippen LogP contribution is 2.26. The van der Waals surface area contributed by atoms with Gasteiger partial charge < -0.3 is 10.5 Å². The van der Waals surface area contributed by atoms with Gasteiger partial charge in [0.1, 0.15) is 6.04 Å². The van der Waals surface area contributed by atoms with E-state index in [1.165, 1.54) is 0 Å². The zero-order valence-electron chi connectivity index (χ0n) is 9.20. The van der Waals surface area contributed by atoms with Gasteiger partial charge in [0.2, 0.25) is 0 Å². The van der Waals surface area contributed by atoms with Crippen molar-refractivity contribution in [3.05, 3.63) is 0 Å². The van der Waals surface area contributed by atoms with E-state index in [2.05, 4.69) is 4.74 Å². The molecule has 0 unspecified atom stereocenters. The number of ether oxygens (including phenoxy) is 1. The molecule has 0 aromatic rings. The smallest absolute Gasteiger partial charge is 0.374 e. The van der Waals surface area contributed by atoms with Gasteiger partial charge in [-0.05, 0) is 25.8 Å². The summed E-state index contributed by atoms with van der Waals surface area (Å²) in [7, 11) is 0. The van der Waals surface area contributed by atoms with Gasteiger partial charge in [-0.1, -0.05) is 0 Å². The van der Waals surface area contributed by atoms with Crippen molar-refractivity contribution in [1.29, 1.82) is 0 Å². The quantitative estimate of drug-likeness (QED) is 0.457. The molecule has 0 aromatic heterocycles. The molecule has 1 saturated heterocycles. The average Bonchev–Trinajstić information content (AvgIpc) is 2.52. The van der Waals surface area contributed by atoms with Crippen LogP contribution in [0.15, 0.2) is 0 Å². The van der Waals surface area contributed by atoms with Crippen LogP contribution in [0.2, 0.25) is 0 Å². The number of amides is 2. The summed E-state index contributed by atoms with van der Waals surface area (Å²) in [6, 6.07) is -1.52. The third-order valence-corrected chi connectivity index (χ3v) is 2.36. The number of unbranched alkanes of at least 4 members (excludes halogenated alkanes) is 1. The first-order valence-corrected chi connectivity index (χ1v) is 5.15. The van der Waals surface area contributed by atoms with Crippen molar-refractivity contribution < 1.29 is 32.3 Å². The highest BCUT2D eigenvalue weighted by atomic mass is 19.4. The number of carbonyl (C=O) groups is 3. The maximum Gasteiger partial charge on any atom is 0.471 e. The van der Waals surface area contributed by atoms with Crippen LogP contribution in [-0.2, 0) is 14.3 Å². The Bertz CT molecular complexity index is 369. The second-order valence-corrected chi connectivity index (χ2v) is 3.66. The maximum absolute atomic E-state index is 12.2. The van der Waals surface area contributed by atoms with E-state index in [1.807, 2.05) is 0 Å². The second-order valence-electron chi connectivity index (χ2n) is 3.66. The van der Waals surface area contributed by atoms with Gasteiger partial charge in [-0.15, -0.1) is 0 Å². The lowest BCUT2D eigenvalue weighted by Crippen LogP contribution is -2.47. The molecule has 9 heteroatoms. The standard InChI is InChI=1S/C9H11F3N2O4/c10-9(11,12)7(16)14-5(3-1-2-4-13)6(15)18-8(14)17/h5H,1-4,13H2/t5-/m0/s1. The van der Waals surface area contributed by atoms with Crippen LogP contribution < -0.4 is 5.73 Å². The van der Waals surface area contributed by atoms with Crippen LogP contribution in [0.5, 0.6) is 0 Å². The van der Waals surface area contributed by atoms with Crippen molar-refractivity contribution in [2.75, 3.05) is 6.54 Å². The van der Waals surface area contributed by atoms with Crippen LogP contribution in [0.1, 0.15) is 19.3 Å². The number of alkyl halides is 3. The van der Waals surface area contributed by atoms with Crippen molar-refractivity contribution >= 4 is 18.0 Å². The molecule has 0 spiro atoms. The van der Waals surface area contributed by atoms with Gasteiger partial charge in [-0.25, -0.2) is 14.5 Å². The van der Waals surface area contributed by atoms with Crippen LogP contribution in [-0.4, -0.2) is 41.6 Å². The van der Waals surface area contributed by atoms with E-state index in [0.29, 0.717) is 19.4 Å². The fourth-order valence-electron chi connectivity index (χ4n) is 1.53. The number of nitrogens with zero attached hydrogens (tertiary/aromatic N) is 1. The SMILES string of the molecule is NCCCC[C@H]1C(=O)OC(=O)N1C(=O)C(F)(F)F. The van der Waals surface area contributed by atoms with Gasteiger partial charge in [0, 0.05) is 0 Å². The Hall–Kier alpha value is -1.64. The molecule has 0 bridgehead atoms. The molecule has 2 amide bonds. The van der Waals surface area contributed by atoms with E-state index in [9.17, 15) is 27.6 Å². The summed E-state index contributed by atoms with van der Waals surface area (Å²) in [5.74, 6) is -3.54. The molecule has 1 rings (SSSR count). The molecule has 6 nitrogen and oxygen atoms in total. The number of hydrogen-bond acceptors (Lipinski definition) is 5. The lowest BCUT2D eigenvalue weighted by Gasteiger charge is -2.18. The lowest BCUT2D eigenvalue weighted by atomic mass is 10.1. The number of nitrogens with two attached hydrogens (primary N) is 1. The zero-order valence-corrected chi connectivity index (χ0v) is 9.20. The Morgan fingerprint density at radius 3 is 2.44 bits per heavy atom. The molecule has 1 aliphatic heterocycles. The molecular formula is C9H11F3N2O4. The predicted octanol–water partition coefficient (Wildman–Crippen LogP) is 0.552. The molecule has 0 radical (unpaired) electrons. The Balaban J connectivity index is 2.81. The molecule has 1 heterocycles. The van der Waals surface area contributed by atoms with Crippen molar-refractivity contribution in [2.24, 2.45) is 5.73 Å². The van der Waals surface area contributed by atoms with Gasteiger partial charge >= 0.3 is 24.1 Å². The van der Waals surface area contributed by atoms with Crippen molar-refractivity contribution in [3.63, 3.8) is 0 Å². The highest BCUT2D eigenvalue weighted by Gasteiger charge is 2.53. The normalized spacial score (nSPS) is 20.2. The van der Waals surface area contributed by atoms with Gasteiger partial charge in [0.15, 0.2) is 0 Å². The molecule has 18 heavy (non-hydrogen) atoms. The third-order valence-electron chi connectivity index (χ3n) is 2.36. The van der Waals surface area contributed by atoms with Crippen LogP contribution in [0, 0.1) is 0 Å². The molecule has 0 aromatic carbocycles. The van der Waals surface area contributed by atoms with Gasteiger partial charge in [0.25, 0.3) is 0 Å². The van der Waals surface area contributed by atoms with E-state index >= 15 is 0 Å². The number of imide groups is 1. The molecule has 0 saturated carbocycles. The topological polar surface area (TPSA) is 89.7 Å². The monoisotopic (exact) mass is 268 g/mol. The Kier molecular flexibility index (Phi) is 4.28. The van der Waals surface area contributed by atoms with Crippen LogP contribution in [0.4, 0.5) is 18.0 Å². The van der Waals surface area contributed by atoms with Gasteiger partial charge in [-0.3, -0.25) is 4.79 Å². The number of hydrogen-bond donors (Lipinski definition) is 1. The predicted molar refractivity (Wildman–Crippen MR) is 51.1 cm³/mol. The summed E-state index contributed by atoms with van der Waals surface area (Å²) in [5, 5.41) is 0. The van der Waals surface area contributed by atoms with E-state index in [0.717, 1.165) is 0 Å². The lowest BCUT2D eigenvalue weighted by molar-refractivity contribution is -0.183. The molecule has 102 valence electrons. The fraction of sp³-hybridized carbons (Fsp3) is 0.667. The van der Waals surface area contributed by atoms with Crippen LogP contribution in [0.3, 0.4) is 0 Å². The molecule has 0 aliphatic carbocycles. The van der Waals surface area contributed by atoms with Gasteiger partial charge in [0.05, 0.1) is 0 Å². The van der Waals surface area contributed by atoms with Gasteiger partial charge in [-0.2, -0.15) is 13.2 Å². The number of rotatable bonds is 4. The Morgan fingerprint density at radius 2 is 1.94 bits per heavy atom. The van der Waals surface area contributed by atoms with Crippen LogP contribution >= 0.6 is 0 Å². The minimum atomic E-state index is -5.23. The summed E-state index contributed by atoms with van der Waals surface area (Å²) in [6.07, 6.45) is -6.13. The molecule has 2 N–H and O–H groups in total. The first-order chi connectivity index (χ1) is 8.29. The van der Waals surface area contributed by atoms with Crippen molar-refractivity contribution in [1.82, 2.24) is 4.90 Å². The van der Waals surface area contributed by atoms with E-state index < -0.39 is 30.2 Å². The zero-order chi connectivity index (χ0) is 13.9. The molecule has 1 fully saturated rings. The minimum absolute atomic E-state index is 0.0937. The number of carbonyl (C=O) groups excluding carboxylic acids is 3. The van der Waals surface area contributed by atoms with E-state index in [4.69, 9.17) is 5.73 Å². The first kappa shape index (κ1) is 14.4. The Morgan fingerprint density at radius 1 is 1.33 bits per heavy atom. The number of halogens is 3. The number of cyclic esters (lactones) is 2. The Labute approximate surface area is 99.8 Å². The van der Waals surface area contributed by atoms with E-state index in [1.54, 1.807) is 0 Å². The summed E-state index contributed by atoms with van der Waals surface area (Å²) in [5.41, 5.74) is 5.20. The molecular weight excluding hydrogens is 257 g/mol. The second kappa shape index (κ2) is 5.34. The van der Waals surface area contributed by atoms with Crippen molar-refractivity contribution in [2.45, 2.75) is 31.5 Å². The highest BCUT2D eigenvalue weighted by molar-refractivity contribution is 6.06. The average molecular weight is 268 g/mol. The maximum atomic E-state index is 12.2. The summed E-state index contributed by atoms with van der Waals surface area (Å²) >= 11 is 0. The fourth-order valence-corrected chi connectivity index (χ4v) is 1.53. The number of esters is 1. The summed E-state index contributed by atoms with van der Waals surface area (Å²) in [4.78, 5) is 33.0. The van der Waals surface area contributed by atoms with E-state index in [-0.39, 0.29) is 11.3 Å². The van der Waals surface area contributed by atoms with Crippen molar-refractivity contribution in [3.8, 4) is 0 Å². The third kappa shape index (κ3) is 2.97. The summed E-state index contributed by atoms with van der Waals surface area (Å²) < 4.78 is 40.7. The summed E-state index contributed by atoms with van der Waals surface area (Å²) in [6.45, 7) is 0.295. The van der Waals surface area contributed by atoms with Crippen LogP contribution in [0.25, 0.3) is 0 Å².